The second-order valence-corrected chi connectivity index (χ2v) is 12.6. The number of hydrogen-bond acceptors (Lipinski definition) is 5. The van der Waals surface area contributed by atoms with Crippen LogP contribution in [0, 0.1) is 5.82 Å². The molecular weight excluding hydrogens is 617 g/mol. The molecule has 0 radical (unpaired) electrons. The average molecular weight is 652 g/mol. The Hall–Kier alpha value is -4.41. The van der Waals surface area contributed by atoms with Gasteiger partial charge in [0, 0.05) is 30.1 Å². The average Bonchev–Trinajstić information content (AvgIpc) is 3.05. The van der Waals surface area contributed by atoms with Crippen molar-refractivity contribution < 1.29 is 27.1 Å². The summed E-state index contributed by atoms with van der Waals surface area (Å²) < 4.78 is 49.2. The van der Waals surface area contributed by atoms with Crippen molar-refractivity contribution in [2.24, 2.45) is 0 Å². The summed E-state index contributed by atoms with van der Waals surface area (Å²) >= 11 is 6.10. The van der Waals surface area contributed by atoms with E-state index >= 15 is 0 Å². The van der Waals surface area contributed by atoms with Crippen molar-refractivity contribution in [1.82, 2.24) is 10.2 Å². The van der Waals surface area contributed by atoms with Crippen LogP contribution in [0.15, 0.2) is 108 Å². The Kier molecular flexibility index (Phi) is 11.6. The van der Waals surface area contributed by atoms with Gasteiger partial charge in [0.2, 0.25) is 11.8 Å². The Morgan fingerprint density at radius 2 is 1.56 bits per heavy atom. The molecular formula is C34H35ClFN3O5S. The fourth-order valence-electron chi connectivity index (χ4n) is 4.74. The summed E-state index contributed by atoms with van der Waals surface area (Å²) in [6, 6.07) is 25.9. The molecule has 0 aliphatic heterocycles. The number of carbonyl (C=O) groups is 2. The van der Waals surface area contributed by atoms with Gasteiger partial charge in [0.05, 0.1) is 17.7 Å². The third kappa shape index (κ3) is 8.61. The van der Waals surface area contributed by atoms with Crippen molar-refractivity contribution in [3.8, 4) is 5.75 Å². The lowest BCUT2D eigenvalue weighted by Gasteiger charge is -2.34. The highest BCUT2D eigenvalue weighted by atomic mass is 35.5. The number of methoxy groups -OCH3 is 1. The molecule has 4 aromatic carbocycles. The summed E-state index contributed by atoms with van der Waals surface area (Å²) in [5.41, 5.74) is 1.15. The van der Waals surface area contributed by atoms with E-state index in [1.807, 2.05) is 37.3 Å². The second kappa shape index (κ2) is 15.5. The molecule has 1 atom stereocenters. The van der Waals surface area contributed by atoms with Gasteiger partial charge in [-0.3, -0.25) is 13.9 Å². The van der Waals surface area contributed by atoms with Crippen LogP contribution in [-0.2, 0) is 32.6 Å². The van der Waals surface area contributed by atoms with Gasteiger partial charge in [-0.1, -0.05) is 67.1 Å². The molecule has 1 N–H and O–H groups in total. The number of rotatable bonds is 14. The summed E-state index contributed by atoms with van der Waals surface area (Å²) in [7, 11) is -2.84. The molecule has 8 nitrogen and oxygen atoms in total. The molecule has 2 amide bonds. The zero-order valence-electron chi connectivity index (χ0n) is 25.0. The number of hydrogen-bond donors (Lipinski definition) is 1. The number of sulfonamides is 1. The first-order valence-corrected chi connectivity index (χ1v) is 16.2. The lowest BCUT2D eigenvalue weighted by molar-refractivity contribution is -0.140. The van der Waals surface area contributed by atoms with Crippen LogP contribution in [0.2, 0.25) is 5.02 Å². The molecule has 0 bridgehead atoms. The van der Waals surface area contributed by atoms with Gasteiger partial charge >= 0.3 is 0 Å². The smallest absolute Gasteiger partial charge is 0.264 e. The molecule has 11 heteroatoms. The topological polar surface area (TPSA) is 96.0 Å². The van der Waals surface area contributed by atoms with Gasteiger partial charge in [0.1, 0.15) is 24.2 Å². The standard InChI is InChI=1S/C34H35ClFN3O5S/c1-3-21-37-34(41)32(22-25-9-5-4-6-10-25)38(23-26-11-7-8-12-31(26)36)33(40)24-39(28-15-13-27(35)14-16-28)45(42,43)30-19-17-29(44-2)18-20-30/h4-20,32H,3,21-24H2,1-2H3,(H,37,41)/t32-/m1/s1. The minimum absolute atomic E-state index is 0.0757. The third-order valence-electron chi connectivity index (χ3n) is 7.16. The lowest BCUT2D eigenvalue weighted by atomic mass is 10.0. The largest absolute Gasteiger partial charge is 0.497 e. The molecule has 236 valence electrons. The van der Waals surface area contributed by atoms with Gasteiger partial charge < -0.3 is 15.0 Å². The minimum atomic E-state index is -4.31. The maximum atomic E-state index is 15.0. The Morgan fingerprint density at radius 3 is 2.18 bits per heavy atom. The number of halogens is 2. The number of anilines is 1. The first-order valence-electron chi connectivity index (χ1n) is 14.4. The zero-order valence-corrected chi connectivity index (χ0v) is 26.6. The molecule has 0 saturated carbocycles. The molecule has 4 aromatic rings. The first-order chi connectivity index (χ1) is 21.6. The zero-order chi connectivity index (χ0) is 32.4. The van der Waals surface area contributed by atoms with Crippen LogP contribution < -0.4 is 14.4 Å². The third-order valence-corrected chi connectivity index (χ3v) is 9.20. The predicted molar refractivity (Wildman–Crippen MR) is 173 cm³/mol. The Bertz CT molecular complexity index is 1690. The van der Waals surface area contributed by atoms with E-state index in [1.54, 1.807) is 6.07 Å². The molecule has 4 rings (SSSR count). The second-order valence-electron chi connectivity index (χ2n) is 10.3. The maximum absolute atomic E-state index is 15.0. The Balaban J connectivity index is 1.80. The van der Waals surface area contributed by atoms with Crippen LogP contribution in [0.5, 0.6) is 5.75 Å². The summed E-state index contributed by atoms with van der Waals surface area (Å²) in [4.78, 5) is 29.2. The van der Waals surface area contributed by atoms with E-state index in [0.29, 0.717) is 23.7 Å². The Labute approximate surface area is 268 Å². The van der Waals surface area contributed by atoms with Crippen LogP contribution in [0.3, 0.4) is 0 Å². The van der Waals surface area contributed by atoms with Crippen LogP contribution in [-0.4, -0.2) is 51.4 Å². The SMILES string of the molecule is CCCNC(=O)[C@@H](Cc1ccccc1)N(Cc1ccccc1F)C(=O)CN(c1ccc(Cl)cc1)S(=O)(=O)c1ccc(OC)cc1. The number of nitrogens with one attached hydrogen (secondary N) is 1. The maximum Gasteiger partial charge on any atom is 0.264 e. The van der Waals surface area contributed by atoms with Crippen LogP contribution in [0.25, 0.3) is 0 Å². The number of benzene rings is 4. The summed E-state index contributed by atoms with van der Waals surface area (Å²) in [5, 5.41) is 3.24. The molecule has 0 saturated heterocycles. The van der Waals surface area contributed by atoms with E-state index in [-0.39, 0.29) is 29.1 Å². The fourth-order valence-corrected chi connectivity index (χ4v) is 6.28. The highest BCUT2D eigenvalue weighted by Gasteiger charge is 2.35. The van der Waals surface area contributed by atoms with Crippen LogP contribution in [0.1, 0.15) is 24.5 Å². The van der Waals surface area contributed by atoms with Gasteiger partial charge in [-0.25, -0.2) is 12.8 Å². The molecule has 0 spiro atoms. The van der Waals surface area contributed by atoms with Gasteiger partial charge in [0.25, 0.3) is 10.0 Å². The van der Waals surface area contributed by atoms with Crippen molar-refractivity contribution >= 4 is 39.1 Å². The van der Waals surface area contributed by atoms with Crippen LogP contribution in [0.4, 0.5) is 10.1 Å². The molecule has 0 aromatic heterocycles. The van der Waals surface area contributed by atoms with Crippen molar-refractivity contribution in [2.45, 2.75) is 37.2 Å². The van der Waals surface area contributed by atoms with Gasteiger partial charge in [-0.05, 0) is 66.6 Å². The monoisotopic (exact) mass is 651 g/mol. The predicted octanol–water partition coefficient (Wildman–Crippen LogP) is 5.85. The van der Waals surface area contributed by atoms with Gasteiger partial charge in [-0.15, -0.1) is 0 Å². The number of nitrogens with zero attached hydrogens (tertiary/aromatic N) is 2. The minimum Gasteiger partial charge on any atom is -0.497 e. The molecule has 0 aliphatic carbocycles. The van der Waals surface area contributed by atoms with Crippen molar-refractivity contribution in [3.63, 3.8) is 0 Å². The quantitative estimate of drug-likeness (QED) is 0.185. The van der Waals surface area contributed by atoms with Gasteiger partial charge in [-0.2, -0.15) is 0 Å². The normalized spacial score (nSPS) is 11.8. The van der Waals surface area contributed by atoms with Crippen LogP contribution >= 0.6 is 11.6 Å². The summed E-state index contributed by atoms with van der Waals surface area (Å²) in [6.07, 6.45) is 0.790. The van der Waals surface area contributed by atoms with Gasteiger partial charge in [0.15, 0.2) is 0 Å². The van der Waals surface area contributed by atoms with Crippen molar-refractivity contribution in [3.05, 3.63) is 125 Å². The lowest BCUT2D eigenvalue weighted by Crippen LogP contribution is -2.53. The van der Waals surface area contributed by atoms with E-state index in [2.05, 4.69) is 5.32 Å². The fraction of sp³-hybridized carbons (Fsp3) is 0.235. The Morgan fingerprint density at radius 1 is 0.911 bits per heavy atom. The molecule has 0 heterocycles. The van der Waals surface area contributed by atoms with E-state index in [0.717, 1.165) is 9.87 Å². The van der Waals surface area contributed by atoms with E-state index in [4.69, 9.17) is 16.3 Å². The summed E-state index contributed by atoms with van der Waals surface area (Å²) in [5.74, 6) is -1.22. The molecule has 45 heavy (non-hydrogen) atoms. The molecule has 0 aliphatic rings. The van der Waals surface area contributed by atoms with E-state index in [1.165, 1.54) is 78.7 Å². The first kappa shape index (κ1) is 33.5. The summed E-state index contributed by atoms with van der Waals surface area (Å²) in [6.45, 7) is 1.34. The van der Waals surface area contributed by atoms with Crippen molar-refractivity contribution in [1.29, 1.82) is 0 Å². The van der Waals surface area contributed by atoms with E-state index in [9.17, 15) is 22.4 Å². The highest BCUT2D eigenvalue weighted by Crippen LogP contribution is 2.27. The van der Waals surface area contributed by atoms with E-state index < -0.39 is 40.2 Å². The number of ether oxygens (including phenoxy) is 1. The van der Waals surface area contributed by atoms with Crippen molar-refractivity contribution in [2.75, 3.05) is 24.5 Å². The molecule has 0 unspecified atom stereocenters. The number of amides is 2. The molecule has 0 fully saturated rings. The highest BCUT2D eigenvalue weighted by molar-refractivity contribution is 7.92. The number of carbonyl (C=O) groups excluding carboxylic acids is 2.